The predicted molar refractivity (Wildman–Crippen MR) is 59.2 cm³/mol. The van der Waals surface area contributed by atoms with Gasteiger partial charge in [-0.05, 0) is 20.3 Å². The van der Waals surface area contributed by atoms with Crippen LogP contribution in [0, 0.1) is 0 Å². The monoisotopic (exact) mass is 194 g/mol. The van der Waals surface area contributed by atoms with E-state index < -0.39 is 0 Å². The van der Waals surface area contributed by atoms with E-state index in [1.807, 2.05) is 7.05 Å². The summed E-state index contributed by atoms with van der Waals surface area (Å²) in [7, 11) is 2.02. The molecule has 2 N–H and O–H groups in total. The summed E-state index contributed by atoms with van der Waals surface area (Å²) in [6.07, 6.45) is 4.33. The third-order valence-electron chi connectivity index (χ3n) is 2.78. The molecule has 1 rings (SSSR count). The van der Waals surface area contributed by atoms with Gasteiger partial charge in [-0.15, -0.1) is 0 Å². The molecule has 78 valence electrons. The maximum absolute atomic E-state index is 5.48. The highest BCUT2D eigenvalue weighted by Crippen LogP contribution is 2.22. The van der Waals surface area contributed by atoms with E-state index in [1.54, 1.807) is 12.4 Å². The first-order valence-electron chi connectivity index (χ1n) is 4.78. The number of anilines is 2. The lowest BCUT2D eigenvalue weighted by Gasteiger charge is -2.35. The largest absolute Gasteiger partial charge is 0.382 e. The molecule has 0 fully saturated rings. The number of nitrogen functional groups attached to an aromatic ring is 1. The third kappa shape index (κ3) is 2.13. The minimum absolute atomic E-state index is 0.0881. The molecule has 0 aliphatic carbocycles. The second-order valence-corrected chi connectivity index (χ2v) is 4.02. The van der Waals surface area contributed by atoms with Gasteiger partial charge in [0.15, 0.2) is 0 Å². The lowest BCUT2D eigenvalue weighted by Crippen LogP contribution is -2.41. The number of aromatic nitrogens is 2. The Kier molecular flexibility index (Phi) is 2.93. The van der Waals surface area contributed by atoms with Crippen LogP contribution in [0.4, 0.5) is 11.6 Å². The molecule has 1 aromatic rings. The minimum Gasteiger partial charge on any atom is -0.382 e. The molecule has 14 heavy (non-hydrogen) atoms. The van der Waals surface area contributed by atoms with Gasteiger partial charge in [-0.3, -0.25) is 0 Å². The van der Waals surface area contributed by atoms with E-state index >= 15 is 0 Å². The van der Waals surface area contributed by atoms with Gasteiger partial charge in [0.05, 0.1) is 12.4 Å². The van der Waals surface area contributed by atoms with E-state index in [0.29, 0.717) is 5.82 Å². The highest BCUT2D eigenvalue weighted by Gasteiger charge is 2.22. The maximum Gasteiger partial charge on any atom is 0.147 e. The summed E-state index contributed by atoms with van der Waals surface area (Å²) < 4.78 is 0. The normalized spacial score (nSPS) is 11.4. The van der Waals surface area contributed by atoms with E-state index in [4.69, 9.17) is 5.73 Å². The van der Waals surface area contributed by atoms with Crippen LogP contribution in [0.1, 0.15) is 27.2 Å². The van der Waals surface area contributed by atoms with E-state index in [0.717, 1.165) is 12.2 Å². The SMILES string of the molecule is CCC(C)(C)N(C)c1cnc(N)cn1. The summed E-state index contributed by atoms with van der Waals surface area (Å²) in [5.41, 5.74) is 5.56. The van der Waals surface area contributed by atoms with Gasteiger partial charge in [0.1, 0.15) is 11.6 Å². The number of hydrogen-bond acceptors (Lipinski definition) is 4. The first kappa shape index (κ1) is 10.8. The van der Waals surface area contributed by atoms with Crippen LogP contribution in [0.25, 0.3) is 0 Å². The molecule has 0 saturated carbocycles. The quantitative estimate of drug-likeness (QED) is 0.795. The fourth-order valence-corrected chi connectivity index (χ4v) is 1.05. The molecular formula is C10H18N4. The zero-order valence-electron chi connectivity index (χ0n) is 9.28. The standard InChI is InChI=1S/C10H18N4/c1-5-10(2,3)14(4)9-7-12-8(11)6-13-9/h6-7H,5H2,1-4H3,(H2,11,12). The van der Waals surface area contributed by atoms with Gasteiger partial charge in [0, 0.05) is 12.6 Å². The van der Waals surface area contributed by atoms with Crippen molar-refractivity contribution >= 4 is 11.6 Å². The van der Waals surface area contributed by atoms with Gasteiger partial charge in [-0.2, -0.15) is 0 Å². The van der Waals surface area contributed by atoms with Crippen molar-refractivity contribution in [1.82, 2.24) is 9.97 Å². The molecule has 0 amide bonds. The van der Waals surface area contributed by atoms with Crippen molar-refractivity contribution in [3.8, 4) is 0 Å². The summed E-state index contributed by atoms with van der Waals surface area (Å²) in [5.74, 6) is 1.31. The number of rotatable bonds is 3. The van der Waals surface area contributed by atoms with E-state index in [-0.39, 0.29) is 5.54 Å². The Labute approximate surface area is 85.2 Å². The van der Waals surface area contributed by atoms with E-state index in [1.165, 1.54) is 0 Å². The van der Waals surface area contributed by atoms with E-state index in [9.17, 15) is 0 Å². The maximum atomic E-state index is 5.48. The second-order valence-electron chi connectivity index (χ2n) is 4.02. The molecule has 0 radical (unpaired) electrons. The van der Waals surface area contributed by atoms with Crippen LogP contribution in [-0.2, 0) is 0 Å². The van der Waals surface area contributed by atoms with Gasteiger partial charge >= 0.3 is 0 Å². The van der Waals surface area contributed by atoms with Crippen LogP contribution in [0.15, 0.2) is 12.4 Å². The van der Waals surface area contributed by atoms with Gasteiger partial charge in [0.25, 0.3) is 0 Å². The third-order valence-corrected chi connectivity index (χ3v) is 2.78. The fourth-order valence-electron chi connectivity index (χ4n) is 1.05. The smallest absolute Gasteiger partial charge is 0.147 e. The zero-order valence-corrected chi connectivity index (χ0v) is 9.28. The molecule has 0 aromatic carbocycles. The molecule has 0 bridgehead atoms. The number of hydrogen-bond donors (Lipinski definition) is 1. The number of nitrogens with zero attached hydrogens (tertiary/aromatic N) is 3. The highest BCUT2D eigenvalue weighted by molar-refractivity contribution is 5.40. The van der Waals surface area contributed by atoms with Crippen molar-refractivity contribution < 1.29 is 0 Å². The molecule has 1 heterocycles. The second kappa shape index (κ2) is 3.82. The average Bonchev–Trinajstić information content (AvgIpc) is 2.18. The molecule has 0 aliphatic rings. The summed E-state index contributed by atoms with van der Waals surface area (Å²) in [4.78, 5) is 10.4. The van der Waals surface area contributed by atoms with E-state index in [2.05, 4.69) is 35.6 Å². The summed E-state index contributed by atoms with van der Waals surface area (Å²) in [5, 5.41) is 0. The Morgan fingerprint density at radius 3 is 2.43 bits per heavy atom. The Hall–Kier alpha value is -1.32. The first-order valence-corrected chi connectivity index (χ1v) is 4.78. The van der Waals surface area contributed by atoms with Crippen LogP contribution < -0.4 is 10.6 Å². The Bertz CT molecular complexity index is 291. The first-order chi connectivity index (χ1) is 6.47. The molecule has 0 atom stereocenters. The van der Waals surface area contributed by atoms with Crippen molar-refractivity contribution in [3.63, 3.8) is 0 Å². The van der Waals surface area contributed by atoms with Crippen LogP contribution in [0.5, 0.6) is 0 Å². The molecule has 0 saturated heterocycles. The fraction of sp³-hybridized carbons (Fsp3) is 0.600. The minimum atomic E-state index is 0.0881. The van der Waals surface area contributed by atoms with Crippen molar-refractivity contribution in [2.75, 3.05) is 17.7 Å². The van der Waals surface area contributed by atoms with Crippen molar-refractivity contribution in [3.05, 3.63) is 12.4 Å². The van der Waals surface area contributed by atoms with Crippen LogP contribution in [-0.4, -0.2) is 22.6 Å². The Balaban J connectivity index is 2.89. The zero-order chi connectivity index (χ0) is 10.8. The summed E-state index contributed by atoms with van der Waals surface area (Å²) in [6, 6.07) is 0. The summed E-state index contributed by atoms with van der Waals surface area (Å²) >= 11 is 0. The number of nitrogens with two attached hydrogens (primary N) is 1. The molecule has 4 nitrogen and oxygen atoms in total. The molecule has 4 heteroatoms. The molecule has 0 aliphatic heterocycles. The highest BCUT2D eigenvalue weighted by atomic mass is 15.2. The Morgan fingerprint density at radius 2 is 2.00 bits per heavy atom. The lowest BCUT2D eigenvalue weighted by molar-refractivity contribution is 0.467. The average molecular weight is 194 g/mol. The van der Waals surface area contributed by atoms with Gasteiger partial charge in [-0.25, -0.2) is 9.97 Å². The van der Waals surface area contributed by atoms with Gasteiger partial charge in [-0.1, -0.05) is 6.92 Å². The van der Waals surface area contributed by atoms with Crippen molar-refractivity contribution in [2.45, 2.75) is 32.7 Å². The van der Waals surface area contributed by atoms with Gasteiger partial charge in [0.2, 0.25) is 0 Å². The Morgan fingerprint density at radius 1 is 1.36 bits per heavy atom. The van der Waals surface area contributed by atoms with Crippen LogP contribution in [0.3, 0.4) is 0 Å². The van der Waals surface area contributed by atoms with Crippen molar-refractivity contribution in [1.29, 1.82) is 0 Å². The van der Waals surface area contributed by atoms with Crippen LogP contribution >= 0.6 is 0 Å². The predicted octanol–water partition coefficient (Wildman–Crippen LogP) is 1.68. The molecule has 0 spiro atoms. The summed E-state index contributed by atoms with van der Waals surface area (Å²) in [6.45, 7) is 6.50. The van der Waals surface area contributed by atoms with Crippen molar-refractivity contribution in [2.24, 2.45) is 0 Å². The molecular weight excluding hydrogens is 176 g/mol. The van der Waals surface area contributed by atoms with Crippen LogP contribution in [0.2, 0.25) is 0 Å². The topological polar surface area (TPSA) is 55.0 Å². The molecule has 0 unspecified atom stereocenters. The molecule has 1 aromatic heterocycles. The van der Waals surface area contributed by atoms with Gasteiger partial charge < -0.3 is 10.6 Å². The lowest BCUT2D eigenvalue weighted by atomic mass is 10.0.